The molecule has 0 unspecified atom stereocenters. The molecule has 0 aliphatic carbocycles. The van der Waals surface area contributed by atoms with Crippen LogP contribution in [-0.2, 0) is 4.79 Å². The quantitative estimate of drug-likeness (QED) is 0.582. The molecule has 0 saturated carbocycles. The first-order valence-corrected chi connectivity index (χ1v) is 4.98. The number of thiophene rings is 1. The van der Waals surface area contributed by atoms with Gasteiger partial charge in [-0.3, -0.25) is 4.79 Å². The van der Waals surface area contributed by atoms with Crippen LogP contribution in [0.3, 0.4) is 0 Å². The molecule has 1 aromatic heterocycles. The van der Waals surface area contributed by atoms with E-state index in [0.717, 1.165) is 4.88 Å². The van der Waals surface area contributed by atoms with Crippen molar-refractivity contribution in [3.05, 3.63) is 21.9 Å². The summed E-state index contributed by atoms with van der Waals surface area (Å²) in [5, 5.41) is 5.83. The van der Waals surface area contributed by atoms with E-state index in [1.54, 1.807) is 24.5 Å². The second-order valence-corrected chi connectivity index (χ2v) is 3.56. The molecule has 1 N–H and O–H groups in total. The fourth-order valence-electron chi connectivity index (χ4n) is 0.759. The molecule has 1 heterocycles. The highest BCUT2D eigenvalue weighted by Gasteiger charge is 1.95. The summed E-state index contributed by atoms with van der Waals surface area (Å²) < 4.78 is 0. The minimum atomic E-state index is -0.0644. The topological polar surface area (TPSA) is 41.5 Å². The van der Waals surface area contributed by atoms with Crippen molar-refractivity contribution in [2.75, 3.05) is 0 Å². The van der Waals surface area contributed by atoms with Gasteiger partial charge >= 0.3 is 0 Å². The van der Waals surface area contributed by atoms with Crippen LogP contribution in [0.1, 0.15) is 23.8 Å². The summed E-state index contributed by atoms with van der Waals surface area (Å²) in [5.74, 6) is -0.0644. The smallest absolute Gasteiger partial charge is 0.239 e. The minimum Gasteiger partial charge on any atom is -0.273 e. The zero-order chi connectivity index (χ0) is 9.68. The summed E-state index contributed by atoms with van der Waals surface area (Å²) in [6.07, 6.45) is 2.13. The number of rotatable bonds is 3. The molecule has 0 aromatic carbocycles. The zero-order valence-electron chi connectivity index (χ0n) is 7.70. The van der Waals surface area contributed by atoms with Crippen LogP contribution in [0.4, 0.5) is 0 Å². The van der Waals surface area contributed by atoms with Crippen LogP contribution in [0.2, 0.25) is 0 Å². The van der Waals surface area contributed by atoms with Gasteiger partial charge in [0.1, 0.15) is 0 Å². The van der Waals surface area contributed by atoms with Gasteiger partial charge < -0.3 is 0 Å². The molecule has 1 aromatic rings. The van der Waals surface area contributed by atoms with E-state index in [0.29, 0.717) is 6.42 Å². The van der Waals surface area contributed by atoms with E-state index in [2.05, 4.69) is 10.5 Å². The van der Waals surface area contributed by atoms with Crippen molar-refractivity contribution in [2.45, 2.75) is 20.3 Å². The van der Waals surface area contributed by atoms with Crippen LogP contribution in [0.5, 0.6) is 0 Å². The van der Waals surface area contributed by atoms with Crippen LogP contribution < -0.4 is 5.43 Å². The van der Waals surface area contributed by atoms with Crippen LogP contribution in [0, 0.1) is 6.92 Å². The molecular formula is C9H12N2OS. The maximum Gasteiger partial charge on any atom is 0.239 e. The highest BCUT2D eigenvalue weighted by molar-refractivity contribution is 7.11. The van der Waals surface area contributed by atoms with E-state index in [-0.39, 0.29) is 5.91 Å². The number of amides is 1. The molecule has 0 radical (unpaired) electrons. The van der Waals surface area contributed by atoms with Crippen molar-refractivity contribution in [1.82, 2.24) is 5.43 Å². The third kappa shape index (κ3) is 2.99. The molecule has 0 aliphatic rings. The van der Waals surface area contributed by atoms with Crippen LogP contribution in [0.25, 0.3) is 0 Å². The fourth-order valence-corrected chi connectivity index (χ4v) is 1.54. The Morgan fingerprint density at radius 1 is 1.77 bits per heavy atom. The van der Waals surface area contributed by atoms with Gasteiger partial charge in [-0.2, -0.15) is 5.10 Å². The minimum absolute atomic E-state index is 0.0644. The number of hydrogen-bond acceptors (Lipinski definition) is 3. The number of nitrogens with zero attached hydrogens (tertiary/aromatic N) is 1. The zero-order valence-corrected chi connectivity index (χ0v) is 8.52. The van der Waals surface area contributed by atoms with E-state index in [1.165, 1.54) is 5.56 Å². The lowest BCUT2D eigenvalue weighted by atomic mass is 10.3. The summed E-state index contributed by atoms with van der Waals surface area (Å²) in [6.45, 7) is 3.81. The SMILES string of the molecule is CCC(=O)NN=Cc1sccc1C. The Balaban J connectivity index is 2.50. The molecule has 13 heavy (non-hydrogen) atoms. The van der Waals surface area contributed by atoms with Gasteiger partial charge in [-0.25, -0.2) is 5.43 Å². The second-order valence-electron chi connectivity index (χ2n) is 2.61. The molecule has 0 saturated heterocycles. The third-order valence-corrected chi connectivity index (χ3v) is 2.55. The van der Waals surface area contributed by atoms with Crippen molar-refractivity contribution < 1.29 is 4.79 Å². The number of carbonyl (C=O) groups is 1. The van der Waals surface area contributed by atoms with Gasteiger partial charge in [0.05, 0.1) is 6.21 Å². The van der Waals surface area contributed by atoms with Gasteiger partial charge in [-0.1, -0.05) is 6.92 Å². The molecule has 0 spiro atoms. The monoisotopic (exact) mass is 196 g/mol. The molecule has 0 atom stereocenters. The Labute approximate surface area is 81.5 Å². The summed E-state index contributed by atoms with van der Waals surface area (Å²) in [7, 11) is 0. The predicted molar refractivity (Wildman–Crippen MR) is 55.1 cm³/mol. The highest BCUT2D eigenvalue weighted by Crippen LogP contribution is 2.12. The predicted octanol–water partition coefficient (Wildman–Crippen LogP) is 1.92. The Morgan fingerprint density at radius 2 is 2.54 bits per heavy atom. The lowest BCUT2D eigenvalue weighted by molar-refractivity contribution is -0.120. The van der Waals surface area contributed by atoms with Crippen molar-refractivity contribution in [2.24, 2.45) is 5.10 Å². The standard InChI is InChI=1S/C9H12N2OS/c1-3-9(12)11-10-6-8-7(2)4-5-13-8/h4-6H,3H2,1-2H3,(H,11,12). The molecule has 4 heteroatoms. The van der Waals surface area contributed by atoms with Gasteiger partial charge in [-0.05, 0) is 23.9 Å². The molecule has 0 aliphatic heterocycles. The average Bonchev–Trinajstić information content (AvgIpc) is 2.52. The van der Waals surface area contributed by atoms with Gasteiger partial charge in [0.2, 0.25) is 5.91 Å². The van der Waals surface area contributed by atoms with Crippen LogP contribution in [-0.4, -0.2) is 12.1 Å². The molecule has 70 valence electrons. The second kappa shape index (κ2) is 4.77. The number of hydrazone groups is 1. The first-order chi connectivity index (χ1) is 6.24. The van der Waals surface area contributed by atoms with E-state index in [9.17, 15) is 4.79 Å². The Bertz CT molecular complexity index is 317. The van der Waals surface area contributed by atoms with Crippen molar-refractivity contribution in [3.63, 3.8) is 0 Å². The lowest BCUT2D eigenvalue weighted by Gasteiger charge is -1.93. The fraction of sp³-hybridized carbons (Fsp3) is 0.333. The average molecular weight is 196 g/mol. The van der Waals surface area contributed by atoms with Crippen LogP contribution >= 0.6 is 11.3 Å². The van der Waals surface area contributed by atoms with Gasteiger partial charge in [-0.15, -0.1) is 11.3 Å². The maximum absolute atomic E-state index is 10.8. The maximum atomic E-state index is 10.8. The Morgan fingerprint density at radius 3 is 3.08 bits per heavy atom. The lowest BCUT2D eigenvalue weighted by Crippen LogP contribution is -2.15. The molecule has 1 amide bonds. The Hall–Kier alpha value is -1.16. The largest absolute Gasteiger partial charge is 0.273 e. The summed E-state index contributed by atoms with van der Waals surface area (Å²) in [4.78, 5) is 11.9. The van der Waals surface area contributed by atoms with Gasteiger partial charge in [0.25, 0.3) is 0 Å². The number of aryl methyl sites for hydroxylation is 1. The molecule has 0 fully saturated rings. The van der Waals surface area contributed by atoms with Crippen molar-refractivity contribution in [3.8, 4) is 0 Å². The third-order valence-electron chi connectivity index (χ3n) is 1.59. The molecule has 0 bridgehead atoms. The first-order valence-electron chi connectivity index (χ1n) is 4.10. The highest BCUT2D eigenvalue weighted by atomic mass is 32.1. The van der Waals surface area contributed by atoms with Crippen molar-refractivity contribution >= 4 is 23.5 Å². The first kappa shape index (κ1) is 9.92. The molecule has 3 nitrogen and oxygen atoms in total. The van der Waals surface area contributed by atoms with Gasteiger partial charge in [0, 0.05) is 11.3 Å². The molecular weight excluding hydrogens is 184 g/mol. The van der Waals surface area contributed by atoms with E-state index < -0.39 is 0 Å². The number of hydrogen-bond donors (Lipinski definition) is 1. The number of carbonyl (C=O) groups excluding carboxylic acids is 1. The van der Waals surface area contributed by atoms with Crippen molar-refractivity contribution in [1.29, 1.82) is 0 Å². The molecule has 1 rings (SSSR count). The van der Waals surface area contributed by atoms with E-state index in [1.807, 2.05) is 18.4 Å². The van der Waals surface area contributed by atoms with E-state index in [4.69, 9.17) is 0 Å². The Kier molecular flexibility index (Phi) is 3.64. The van der Waals surface area contributed by atoms with Crippen LogP contribution in [0.15, 0.2) is 16.5 Å². The summed E-state index contributed by atoms with van der Waals surface area (Å²) in [6, 6.07) is 2.02. The summed E-state index contributed by atoms with van der Waals surface area (Å²) in [5.41, 5.74) is 3.62. The van der Waals surface area contributed by atoms with E-state index >= 15 is 0 Å². The number of nitrogens with one attached hydrogen (secondary N) is 1. The summed E-state index contributed by atoms with van der Waals surface area (Å²) >= 11 is 1.61. The van der Waals surface area contributed by atoms with Gasteiger partial charge in [0.15, 0.2) is 0 Å². The normalized spacial score (nSPS) is 10.6.